The van der Waals surface area contributed by atoms with Crippen LogP contribution in [-0.2, 0) is 0 Å². The molecular weight excluding hydrogens is 200 g/mol. The quantitative estimate of drug-likeness (QED) is 0.607. The summed E-state index contributed by atoms with van der Waals surface area (Å²) in [6, 6.07) is 3.73. The van der Waals surface area contributed by atoms with Crippen molar-refractivity contribution >= 4 is 5.84 Å². The molecule has 0 atom stereocenters. The number of hydrogen-bond acceptors (Lipinski definition) is 2. The van der Waals surface area contributed by atoms with Gasteiger partial charge in [-0.05, 0) is 51.0 Å². The van der Waals surface area contributed by atoms with E-state index in [1.165, 1.54) is 0 Å². The number of benzene rings is 1. The first-order valence-electron chi connectivity index (χ1n) is 5.65. The Bertz CT molecular complexity index is 372. The van der Waals surface area contributed by atoms with Gasteiger partial charge in [0.25, 0.3) is 0 Å². The molecule has 0 fully saturated rings. The second kappa shape index (κ2) is 5.01. The average Bonchev–Trinajstić information content (AvgIpc) is 2.26. The minimum Gasteiger partial charge on any atom is -0.507 e. The van der Waals surface area contributed by atoms with E-state index in [0.29, 0.717) is 11.6 Å². The highest BCUT2D eigenvalue weighted by Gasteiger charge is 2.11. The van der Waals surface area contributed by atoms with Crippen LogP contribution in [0.4, 0.5) is 0 Å². The lowest BCUT2D eigenvalue weighted by molar-refractivity contribution is 0.461. The molecule has 0 unspecified atom stereocenters. The van der Waals surface area contributed by atoms with Crippen molar-refractivity contribution in [2.75, 3.05) is 13.1 Å². The summed E-state index contributed by atoms with van der Waals surface area (Å²) in [5, 5.41) is 17.8. The minimum atomic E-state index is 0.330. The molecule has 0 aliphatic heterocycles. The van der Waals surface area contributed by atoms with Gasteiger partial charge >= 0.3 is 0 Å². The molecule has 0 heterocycles. The van der Waals surface area contributed by atoms with Gasteiger partial charge in [0.2, 0.25) is 0 Å². The lowest BCUT2D eigenvalue weighted by Crippen LogP contribution is -2.30. The number of phenolic OH excluding ortho intramolecular Hbond substituents is 1. The smallest absolute Gasteiger partial charge is 0.128 e. The molecule has 1 aromatic rings. The fourth-order valence-corrected chi connectivity index (χ4v) is 1.82. The van der Waals surface area contributed by atoms with E-state index < -0.39 is 0 Å². The van der Waals surface area contributed by atoms with E-state index in [9.17, 15) is 5.11 Å². The Morgan fingerprint density at radius 3 is 2.00 bits per heavy atom. The van der Waals surface area contributed by atoms with Crippen molar-refractivity contribution in [3.8, 4) is 5.75 Å². The number of rotatable bonds is 3. The molecule has 0 aromatic heterocycles. The Kier molecular flexibility index (Phi) is 3.93. The van der Waals surface area contributed by atoms with E-state index >= 15 is 0 Å². The number of aryl methyl sites for hydroxylation is 2. The molecule has 3 nitrogen and oxygen atoms in total. The molecule has 3 heteroatoms. The van der Waals surface area contributed by atoms with Gasteiger partial charge in [0.1, 0.15) is 11.6 Å². The zero-order valence-electron chi connectivity index (χ0n) is 10.5. The van der Waals surface area contributed by atoms with Crippen LogP contribution in [-0.4, -0.2) is 28.9 Å². The standard InChI is InChI=1S/C13H20N2O/c1-5-15(6-2)13(14)11-7-9(3)12(16)10(4)8-11/h7-8,14,16H,5-6H2,1-4H3. The normalized spacial score (nSPS) is 10.2. The van der Waals surface area contributed by atoms with Crippen LogP contribution in [0.2, 0.25) is 0 Å². The van der Waals surface area contributed by atoms with Gasteiger partial charge in [-0.3, -0.25) is 5.41 Å². The third-order valence-corrected chi connectivity index (χ3v) is 2.84. The van der Waals surface area contributed by atoms with Gasteiger partial charge in [-0.25, -0.2) is 0 Å². The molecule has 0 spiro atoms. The topological polar surface area (TPSA) is 47.3 Å². The van der Waals surface area contributed by atoms with Gasteiger partial charge < -0.3 is 10.0 Å². The highest BCUT2D eigenvalue weighted by molar-refractivity contribution is 5.97. The molecule has 1 rings (SSSR count). The molecule has 0 amide bonds. The summed E-state index contributed by atoms with van der Waals surface area (Å²) < 4.78 is 0. The van der Waals surface area contributed by atoms with Crippen LogP contribution in [0.25, 0.3) is 0 Å². The fraction of sp³-hybridized carbons (Fsp3) is 0.462. The van der Waals surface area contributed by atoms with E-state index in [0.717, 1.165) is 29.8 Å². The average molecular weight is 220 g/mol. The van der Waals surface area contributed by atoms with E-state index in [1.807, 2.05) is 44.7 Å². The van der Waals surface area contributed by atoms with Crippen LogP contribution in [0.3, 0.4) is 0 Å². The highest BCUT2D eigenvalue weighted by atomic mass is 16.3. The molecule has 1 aromatic carbocycles. The molecule has 0 aliphatic rings. The van der Waals surface area contributed by atoms with E-state index in [2.05, 4.69) is 0 Å². The Morgan fingerprint density at radius 2 is 1.62 bits per heavy atom. The number of hydrogen-bond donors (Lipinski definition) is 2. The van der Waals surface area contributed by atoms with Crippen molar-refractivity contribution in [3.05, 3.63) is 28.8 Å². The van der Waals surface area contributed by atoms with Crippen molar-refractivity contribution in [2.45, 2.75) is 27.7 Å². The zero-order valence-corrected chi connectivity index (χ0v) is 10.5. The Hall–Kier alpha value is -1.51. The predicted octanol–water partition coefficient (Wildman–Crippen LogP) is 2.68. The first-order valence-corrected chi connectivity index (χ1v) is 5.65. The van der Waals surface area contributed by atoms with Crippen molar-refractivity contribution in [1.82, 2.24) is 4.90 Å². The second-order valence-corrected chi connectivity index (χ2v) is 3.98. The van der Waals surface area contributed by atoms with Crippen LogP contribution in [0, 0.1) is 19.3 Å². The maximum absolute atomic E-state index is 9.68. The highest BCUT2D eigenvalue weighted by Crippen LogP contribution is 2.23. The predicted molar refractivity (Wildman–Crippen MR) is 67.3 cm³/mol. The molecule has 0 saturated carbocycles. The summed E-state index contributed by atoms with van der Waals surface area (Å²) in [6.45, 7) is 9.46. The van der Waals surface area contributed by atoms with Crippen molar-refractivity contribution in [2.24, 2.45) is 0 Å². The number of phenols is 1. The second-order valence-electron chi connectivity index (χ2n) is 3.98. The molecular formula is C13H20N2O. The fourth-order valence-electron chi connectivity index (χ4n) is 1.82. The van der Waals surface area contributed by atoms with Crippen molar-refractivity contribution in [3.63, 3.8) is 0 Å². The van der Waals surface area contributed by atoms with Crippen molar-refractivity contribution < 1.29 is 5.11 Å². The number of nitrogens with one attached hydrogen (secondary N) is 1. The molecule has 0 aliphatic carbocycles. The lowest BCUT2D eigenvalue weighted by Gasteiger charge is -2.22. The summed E-state index contributed by atoms with van der Waals surface area (Å²) in [6.07, 6.45) is 0. The summed E-state index contributed by atoms with van der Waals surface area (Å²) in [4.78, 5) is 1.99. The van der Waals surface area contributed by atoms with Gasteiger partial charge in [0.15, 0.2) is 0 Å². The first-order chi connectivity index (χ1) is 7.51. The molecule has 0 radical (unpaired) electrons. The summed E-state index contributed by atoms with van der Waals surface area (Å²) >= 11 is 0. The maximum atomic E-state index is 9.68. The Labute approximate surface area is 97.2 Å². The van der Waals surface area contributed by atoms with E-state index in [4.69, 9.17) is 5.41 Å². The molecule has 2 N–H and O–H groups in total. The lowest BCUT2D eigenvalue weighted by atomic mass is 10.0. The third-order valence-electron chi connectivity index (χ3n) is 2.84. The monoisotopic (exact) mass is 220 g/mol. The summed E-state index contributed by atoms with van der Waals surface area (Å²) in [5.74, 6) is 0.854. The van der Waals surface area contributed by atoms with Crippen LogP contribution >= 0.6 is 0 Å². The molecule has 0 saturated heterocycles. The maximum Gasteiger partial charge on any atom is 0.128 e. The van der Waals surface area contributed by atoms with E-state index in [-0.39, 0.29) is 0 Å². The van der Waals surface area contributed by atoms with Crippen LogP contribution in [0.15, 0.2) is 12.1 Å². The number of amidine groups is 1. The van der Waals surface area contributed by atoms with Crippen molar-refractivity contribution in [1.29, 1.82) is 5.41 Å². The van der Waals surface area contributed by atoms with Gasteiger partial charge in [0, 0.05) is 18.7 Å². The minimum absolute atomic E-state index is 0.330. The summed E-state index contributed by atoms with van der Waals surface area (Å²) in [5.41, 5.74) is 2.52. The van der Waals surface area contributed by atoms with Crippen LogP contribution in [0.5, 0.6) is 5.75 Å². The van der Waals surface area contributed by atoms with Gasteiger partial charge in [0.05, 0.1) is 0 Å². The molecule has 0 bridgehead atoms. The van der Waals surface area contributed by atoms with Gasteiger partial charge in [-0.15, -0.1) is 0 Å². The van der Waals surface area contributed by atoms with Gasteiger partial charge in [-0.1, -0.05) is 0 Å². The molecule has 88 valence electrons. The first kappa shape index (κ1) is 12.6. The Morgan fingerprint density at radius 1 is 1.19 bits per heavy atom. The largest absolute Gasteiger partial charge is 0.507 e. The molecule has 16 heavy (non-hydrogen) atoms. The Balaban J connectivity index is 3.10. The third kappa shape index (κ3) is 2.35. The van der Waals surface area contributed by atoms with Crippen LogP contribution < -0.4 is 0 Å². The summed E-state index contributed by atoms with van der Waals surface area (Å²) in [7, 11) is 0. The van der Waals surface area contributed by atoms with E-state index in [1.54, 1.807) is 0 Å². The van der Waals surface area contributed by atoms with Gasteiger partial charge in [-0.2, -0.15) is 0 Å². The van der Waals surface area contributed by atoms with Crippen LogP contribution in [0.1, 0.15) is 30.5 Å². The number of aromatic hydroxyl groups is 1. The SMILES string of the molecule is CCN(CC)C(=N)c1cc(C)c(O)c(C)c1. The zero-order chi connectivity index (χ0) is 12.3. The number of nitrogens with zero attached hydrogens (tertiary/aromatic N) is 1.